The number of nitrogens with zero attached hydrogens (tertiary/aromatic N) is 1. The standard InChI is InChI=1S/C23H27O3P2.C9H12N.Pd/c1-3-25-28(24,26-4-2)23(20-14-8-5-9-15-20)27(21-16-10-6-11-17-21)22-18-12-7-13-19-22;1-10(2)8-9-6-4-3-5-7-9;/h5-19,23-24H,3-4H2,1-2H3;3-6H,8H2,1-2H3;/q+1;-1;+2/p+1. The van der Waals surface area contributed by atoms with Crippen molar-refractivity contribution in [2.75, 3.05) is 27.3 Å². The molecular weight excluding hydrogens is 615 g/mol. The zero-order valence-corrected chi connectivity index (χ0v) is 26.6. The van der Waals surface area contributed by atoms with Gasteiger partial charge in [0.05, 0.1) is 13.2 Å². The third-order valence-corrected chi connectivity index (χ3v) is 12.5. The number of hydrogen-bond acceptors (Lipinski definition) is 4. The molecule has 0 aliphatic heterocycles. The van der Waals surface area contributed by atoms with E-state index in [1.807, 2.05) is 62.4 Å². The molecule has 208 valence electrons. The molecule has 0 bridgehead atoms. The van der Waals surface area contributed by atoms with E-state index in [0.29, 0.717) is 13.2 Å². The molecule has 1 N–H and O–H groups in total. The second-order valence-electron chi connectivity index (χ2n) is 8.98. The topological polar surface area (TPSA) is 41.9 Å². The first-order chi connectivity index (χ1) is 18.5. The Balaban J connectivity index is 0.000000410. The average Bonchev–Trinajstić information content (AvgIpc) is 2.94. The minimum atomic E-state index is -3.14. The van der Waals surface area contributed by atoms with Crippen molar-refractivity contribution >= 4 is 26.5 Å². The Morgan fingerprint density at radius 3 is 1.62 bits per heavy atom. The SMILES string of the molecule is CCO[P+](O)(OCC)C(c1ccccc1)[PH+](c1ccccc1)c1ccccc1.CN(C)Cc1[c-]cccc1.[Pd+2]. The molecule has 39 heavy (non-hydrogen) atoms. The predicted molar refractivity (Wildman–Crippen MR) is 165 cm³/mol. The molecule has 0 saturated carbocycles. The summed E-state index contributed by atoms with van der Waals surface area (Å²) in [5.74, 6) is 0. The van der Waals surface area contributed by atoms with Crippen molar-refractivity contribution < 1.29 is 34.4 Å². The fraction of sp³-hybridized carbons (Fsp3) is 0.250. The molecule has 1 unspecified atom stereocenters. The minimum Gasteiger partial charge on any atom is -0.307 e. The van der Waals surface area contributed by atoms with Gasteiger partial charge < -0.3 is 4.90 Å². The summed E-state index contributed by atoms with van der Waals surface area (Å²) in [7, 11) is -0.472. The Kier molecular flexibility index (Phi) is 15.3. The van der Waals surface area contributed by atoms with Crippen LogP contribution in [-0.2, 0) is 36.0 Å². The van der Waals surface area contributed by atoms with E-state index in [0.717, 1.165) is 12.1 Å². The van der Waals surface area contributed by atoms with E-state index >= 15 is 0 Å². The smallest absolute Gasteiger partial charge is 0.307 e. The number of hydrogen-bond donors (Lipinski definition) is 1. The van der Waals surface area contributed by atoms with Crippen LogP contribution in [0.4, 0.5) is 0 Å². The first-order valence-electron chi connectivity index (χ1n) is 13.0. The Labute approximate surface area is 250 Å². The zero-order valence-electron chi connectivity index (χ0n) is 23.1. The van der Waals surface area contributed by atoms with Gasteiger partial charge >= 0.3 is 28.4 Å². The molecule has 4 rings (SSSR count). The monoisotopic (exact) mass is 654 g/mol. The van der Waals surface area contributed by atoms with Crippen molar-refractivity contribution in [3.05, 3.63) is 132 Å². The summed E-state index contributed by atoms with van der Waals surface area (Å²) in [6.07, 6.45) is 0. The van der Waals surface area contributed by atoms with Gasteiger partial charge in [0, 0.05) is 12.1 Å². The largest absolute Gasteiger partial charge is 2.00 e. The summed E-state index contributed by atoms with van der Waals surface area (Å²) in [5.41, 5.74) is 2.30. The summed E-state index contributed by atoms with van der Waals surface area (Å²) >= 11 is 0. The molecule has 0 radical (unpaired) electrons. The Hall–Kier alpha value is -1.76. The van der Waals surface area contributed by atoms with Gasteiger partial charge in [-0.05, 0) is 52.2 Å². The van der Waals surface area contributed by atoms with Gasteiger partial charge in [-0.3, -0.25) is 0 Å². The first kappa shape index (κ1) is 33.4. The average molecular weight is 655 g/mol. The van der Waals surface area contributed by atoms with Crippen molar-refractivity contribution in [3.8, 4) is 0 Å². The molecule has 7 heteroatoms. The molecule has 4 nitrogen and oxygen atoms in total. The fourth-order valence-electron chi connectivity index (χ4n) is 4.30. The van der Waals surface area contributed by atoms with Gasteiger partial charge in [0.25, 0.3) is 5.40 Å². The minimum absolute atomic E-state index is 0. The van der Waals surface area contributed by atoms with Gasteiger partial charge in [0.2, 0.25) is 0 Å². The van der Waals surface area contributed by atoms with Crippen LogP contribution in [-0.4, -0.2) is 37.1 Å². The van der Waals surface area contributed by atoms with E-state index < -0.39 is 15.9 Å². The zero-order chi connectivity index (χ0) is 27.2. The summed E-state index contributed by atoms with van der Waals surface area (Å²) in [5, 5.41) is 2.22. The molecule has 0 fully saturated rings. The molecule has 0 aliphatic carbocycles. The van der Waals surface area contributed by atoms with Gasteiger partial charge in [0.1, 0.15) is 18.5 Å². The van der Waals surface area contributed by atoms with Crippen LogP contribution >= 0.6 is 15.9 Å². The summed E-state index contributed by atoms with van der Waals surface area (Å²) in [4.78, 5) is 13.8. The second kappa shape index (κ2) is 17.8. The maximum absolute atomic E-state index is 11.7. The van der Waals surface area contributed by atoms with Crippen molar-refractivity contribution in [2.45, 2.75) is 25.8 Å². The summed E-state index contributed by atoms with van der Waals surface area (Å²) in [6.45, 7) is 5.60. The van der Waals surface area contributed by atoms with Crippen LogP contribution in [0.15, 0.2) is 115 Å². The first-order valence-corrected chi connectivity index (χ1v) is 16.2. The Bertz CT molecular complexity index is 1120. The predicted octanol–water partition coefficient (Wildman–Crippen LogP) is 6.92. The van der Waals surface area contributed by atoms with Crippen LogP contribution < -0.4 is 10.6 Å². The molecule has 0 spiro atoms. The normalized spacial score (nSPS) is 11.9. The number of rotatable bonds is 11. The van der Waals surface area contributed by atoms with E-state index in [1.54, 1.807) is 0 Å². The molecular formula is C32H40NO3P2Pd+3. The van der Waals surface area contributed by atoms with Gasteiger partial charge in [-0.2, -0.15) is 44.3 Å². The molecule has 1 atom stereocenters. The van der Waals surface area contributed by atoms with Gasteiger partial charge in [0.15, 0.2) is 0 Å². The molecule has 0 aliphatic rings. The van der Waals surface area contributed by atoms with Gasteiger partial charge in [-0.25, -0.2) is 0 Å². The maximum atomic E-state index is 11.7. The van der Waals surface area contributed by atoms with Gasteiger partial charge in [-0.1, -0.05) is 66.7 Å². The molecule has 0 amide bonds. The third-order valence-electron chi connectivity index (χ3n) is 5.77. The van der Waals surface area contributed by atoms with E-state index in [1.165, 1.54) is 16.2 Å². The summed E-state index contributed by atoms with van der Waals surface area (Å²) in [6, 6.07) is 42.3. The van der Waals surface area contributed by atoms with Crippen LogP contribution in [0.5, 0.6) is 0 Å². The van der Waals surface area contributed by atoms with Crippen LogP contribution in [0.3, 0.4) is 0 Å². The van der Waals surface area contributed by atoms with E-state index in [9.17, 15) is 4.89 Å². The molecule has 4 aromatic rings. The maximum Gasteiger partial charge on any atom is 2.00 e. The van der Waals surface area contributed by atoms with E-state index in [2.05, 4.69) is 91.8 Å². The number of benzene rings is 4. The summed E-state index contributed by atoms with van der Waals surface area (Å²) < 4.78 is 12.0. The fourth-order valence-corrected chi connectivity index (χ4v) is 11.2. The van der Waals surface area contributed by atoms with Crippen molar-refractivity contribution in [2.24, 2.45) is 0 Å². The molecule has 0 saturated heterocycles. The molecule has 0 heterocycles. The van der Waals surface area contributed by atoms with Crippen molar-refractivity contribution in [1.29, 1.82) is 0 Å². The van der Waals surface area contributed by atoms with E-state index in [-0.39, 0.29) is 25.8 Å². The molecule has 0 aromatic heterocycles. The van der Waals surface area contributed by atoms with Crippen molar-refractivity contribution in [1.82, 2.24) is 4.90 Å². The Morgan fingerprint density at radius 2 is 1.21 bits per heavy atom. The van der Waals surface area contributed by atoms with Gasteiger partial charge in [-0.15, -0.1) is 5.56 Å². The molecule has 4 aromatic carbocycles. The van der Waals surface area contributed by atoms with Crippen LogP contribution in [0.25, 0.3) is 0 Å². The quantitative estimate of drug-likeness (QED) is 0.108. The second-order valence-corrected chi connectivity index (χ2v) is 14.2. The van der Waals surface area contributed by atoms with Crippen LogP contribution in [0, 0.1) is 6.07 Å². The van der Waals surface area contributed by atoms with Crippen LogP contribution in [0.2, 0.25) is 0 Å². The van der Waals surface area contributed by atoms with Crippen molar-refractivity contribution in [3.63, 3.8) is 0 Å². The Morgan fingerprint density at radius 1 is 0.744 bits per heavy atom. The van der Waals surface area contributed by atoms with Crippen LogP contribution in [0.1, 0.15) is 30.4 Å². The van der Waals surface area contributed by atoms with E-state index in [4.69, 9.17) is 9.05 Å². The third kappa shape index (κ3) is 10.3.